The van der Waals surface area contributed by atoms with E-state index in [0.717, 1.165) is 69.8 Å². The number of ether oxygens (including phenoxy) is 3. The van der Waals surface area contributed by atoms with Gasteiger partial charge in [0.2, 0.25) is 0 Å². The molecule has 3 rings (SSSR count). The smallest absolute Gasteiger partial charge is 0.333 e. The van der Waals surface area contributed by atoms with Crippen LogP contribution >= 0.6 is 0 Å². The van der Waals surface area contributed by atoms with Gasteiger partial charge in [-0.25, -0.2) is 4.79 Å². The van der Waals surface area contributed by atoms with Crippen molar-refractivity contribution in [1.82, 2.24) is 9.13 Å². The normalized spacial score (nSPS) is 21.5. The fraction of sp³-hybridized carbons (Fsp3) is 0.773. The van der Waals surface area contributed by atoms with Gasteiger partial charge in [-0.2, -0.15) is 0 Å². The second-order valence-corrected chi connectivity index (χ2v) is 15.9. The third-order valence-electron chi connectivity index (χ3n) is 10.9. The summed E-state index contributed by atoms with van der Waals surface area (Å²) in [6.07, 6.45) is 28.0. The number of hydrogen-bond acceptors (Lipinski definition) is 6. The Hall–Kier alpha value is -2.26. The van der Waals surface area contributed by atoms with Gasteiger partial charge < -0.3 is 19.3 Å². The molecule has 8 nitrogen and oxygen atoms in total. The number of unbranched alkanes of at least 4 members (excludes halogenated alkanes) is 12. The van der Waals surface area contributed by atoms with Crippen molar-refractivity contribution in [2.24, 2.45) is 0 Å². The van der Waals surface area contributed by atoms with Crippen LogP contribution in [-0.4, -0.2) is 44.9 Å². The summed E-state index contributed by atoms with van der Waals surface area (Å²) in [5.41, 5.74) is 3.59. The minimum atomic E-state index is -0.797. The van der Waals surface area contributed by atoms with Crippen molar-refractivity contribution in [3.63, 3.8) is 0 Å². The summed E-state index contributed by atoms with van der Waals surface area (Å²) in [6, 6.07) is 0. The zero-order valence-electron chi connectivity index (χ0n) is 34.1. The standard InChI is InChI=1S/C44H74N2O6/c1-8-10-12-14-16-18-20-29-44(30-21-19-17-15-13-11-9-2)51-39-38(33-47)50-42(40(39)52-44)46-32-37(7)41(48)45(43(46)49)31-28-36(6)27-23-26-35(5)25-22-24-34(3)4/h24,26,28,32,38-40,42,47H,8-23,25,27,29-31,33H2,1-7H3/b35-26+,36-28+. The first kappa shape index (κ1) is 44.1. The van der Waals surface area contributed by atoms with E-state index in [4.69, 9.17) is 14.2 Å². The summed E-state index contributed by atoms with van der Waals surface area (Å²) < 4.78 is 22.8. The van der Waals surface area contributed by atoms with E-state index >= 15 is 0 Å². The first-order valence-corrected chi connectivity index (χ1v) is 20.9. The second kappa shape index (κ2) is 23.5. The van der Waals surface area contributed by atoms with Crippen molar-refractivity contribution in [2.75, 3.05) is 6.61 Å². The summed E-state index contributed by atoms with van der Waals surface area (Å²) >= 11 is 0. The van der Waals surface area contributed by atoms with Crippen LogP contribution in [0.3, 0.4) is 0 Å². The summed E-state index contributed by atoms with van der Waals surface area (Å²) in [7, 11) is 0. The van der Waals surface area contributed by atoms with E-state index in [2.05, 4.69) is 53.7 Å². The molecule has 8 heteroatoms. The Balaban J connectivity index is 1.75. The van der Waals surface area contributed by atoms with Crippen LogP contribution in [0, 0.1) is 6.92 Å². The maximum Gasteiger partial charge on any atom is 0.333 e. The van der Waals surface area contributed by atoms with Crippen LogP contribution < -0.4 is 11.2 Å². The molecule has 0 amide bonds. The Morgan fingerprint density at radius 1 is 0.750 bits per heavy atom. The quantitative estimate of drug-likeness (QED) is 0.0755. The van der Waals surface area contributed by atoms with E-state index in [9.17, 15) is 14.7 Å². The molecule has 3 heterocycles. The highest BCUT2D eigenvalue weighted by Crippen LogP contribution is 2.47. The number of aliphatic hydroxyl groups excluding tert-OH is 1. The fourth-order valence-corrected chi connectivity index (χ4v) is 7.62. The molecular weight excluding hydrogens is 652 g/mol. The average Bonchev–Trinajstić information content (AvgIpc) is 3.64. The summed E-state index contributed by atoms with van der Waals surface area (Å²) in [6.45, 7) is 14.7. The molecule has 1 aromatic heterocycles. The van der Waals surface area contributed by atoms with Gasteiger partial charge in [0, 0.05) is 31.1 Å². The zero-order valence-corrected chi connectivity index (χ0v) is 34.1. The van der Waals surface area contributed by atoms with E-state index in [1.54, 1.807) is 13.1 Å². The first-order chi connectivity index (χ1) is 25.1. The van der Waals surface area contributed by atoms with Crippen LogP contribution in [-0.2, 0) is 20.8 Å². The van der Waals surface area contributed by atoms with Crippen LogP contribution in [0.25, 0.3) is 0 Å². The molecule has 1 N–H and O–H groups in total. The zero-order chi connectivity index (χ0) is 37.9. The van der Waals surface area contributed by atoms with Gasteiger partial charge in [0.15, 0.2) is 12.0 Å². The van der Waals surface area contributed by atoms with Gasteiger partial charge in [-0.1, -0.05) is 126 Å². The first-order valence-electron chi connectivity index (χ1n) is 20.9. The number of rotatable bonds is 26. The van der Waals surface area contributed by atoms with E-state index < -0.39 is 36.0 Å². The van der Waals surface area contributed by atoms with Gasteiger partial charge in [-0.3, -0.25) is 13.9 Å². The fourth-order valence-electron chi connectivity index (χ4n) is 7.62. The molecule has 2 aliphatic heterocycles. The van der Waals surface area contributed by atoms with Gasteiger partial charge in [-0.05, 0) is 73.1 Å². The van der Waals surface area contributed by atoms with Gasteiger partial charge >= 0.3 is 5.69 Å². The molecule has 296 valence electrons. The van der Waals surface area contributed by atoms with Crippen molar-refractivity contribution < 1.29 is 19.3 Å². The summed E-state index contributed by atoms with van der Waals surface area (Å²) in [5.74, 6) is -0.761. The molecule has 0 aliphatic carbocycles. The number of nitrogens with zero attached hydrogens (tertiary/aromatic N) is 2. The molecular formula is C44H74N2O6. The van der Waals surface area contributed by atoms with Gasteiger partial charge in [0.25, 0.3) is 5.56 Å². The van der Waals surface area contributed by atoms with Crippen molar-refractivity contribution in [3.05, 3.63) is 67.5 Å². The third kappa shape index (κ3) is 13.9. The molecule has 0 radical (unpaired) electrons. The van der Waals surface area contributed by atoms with Gasteiger partial charge in [0.05, 0.1) is 6.61 Å². The minimum absolute atomic E-state index is 0.191. The minimum Gasteiger partial charge on any atom is -0.394 e. The lowest BCUT2D eigenvalue weighted by molar-refractivity contribution is -0.228. The lowest BCUT2D eigenvalue weighted by atomic mass is 9.98. The predicted molar refractivity (Wildman–Crippen MR) is 214 cm³/mol. The number of aromatic nitrogens is 2. The van der Waals surface area contributed by atoms with E-state index in [1.807, 2.05) is 6.08 Å². The molecule has 2 aliphatic rings. The van der Waals surface area contributed by atoms with Crippen LogP contribution in [0.5, 0.6) is 0 Å². The molecule has 2 fully saturated rings. The number of allylic oxidation sites excluding steroid dienone is 6. The lowest BCUT2D eigenvalue weighted by Crippen LogP contribution is -2.44. The average molecular weight is 727 g/mol. The number of fused-ring (bicyclic) bond motifs is 1. The van der Waals surface area contributed by atoms with Crippen molar-refractivity contribution >= 4 is 0 Å². The van der Waals surface area contributed by atoms with Crippen molar-refractivity contribution in [1.29, 1.82) is 0 Å². The molecule has 0 saturated carbocycles. The molecule has 0 aromatic carbocycles. The van der Waals surface area contributed by atoms with Crippen LogP contribution in [0.2, 0.25) is 0 Å². The highest BCUT2D eigenvalue weighted by molar-refractivity contribution is 5.09. The van der Waals surface area contributed by atoms with E-state index in [1.165, 1.54) is 84.5 Å². The number of aliphatic hydroxyl groups is 1. The Kier molecular flexibility index (Phi) is 20.0. The Morgan fingerprint density at radius 2 is 1.27 bits per heavy atom. The maximum atomic E-state index is 14.0. The number of hydrogen-bond donors (Lipinski definition) is 1. The summed E-state index contributed by atoms with van der Waals surface area (Å²) in [5, 5.41) is 10.4. The van der Waals surface area contributed by atoms with Crippen LogP contribution in [0.15, 0.2) is 50.7 Å². The maximum absolute atomic E-state index is 14.0. The molecule has 1 aromatic rings. The molecule has 52 heavy (non-hydrogen) atoms. The molecule has 0 spiro atoms. The second-order valence-electron chi connectivity index (χ2n) is 15.9. The highest BCUT2D eigenvalue weighted by atomic mass is 16.8. The van der Waals surface area contributed by atoms with Gasteiger partial charge in [-0.15, -0.1) is 0 Å². The van der Waals surface area contributed by atoms with Gasteiger partial charge in [0.1, 0.15) is 18.3 Å². The lowest BCUT2D eigenvalue weighted by Gasteiger charge is -2.32. The molecule has 2 saturated heterocycles. The number of aryl methyl sites for hydroxylation is 1. The summed E-state index contributed by atoms with van der Waals surface area (Å²) in [4.78, 5) is 27.3. The topological polar surface area (TPSA) is 91.9 Å². The Morgan fingerprint density at radius 3 is 1.83 bits per heavy atom. The monoisotopic (exact) mass is 727 g/mol. The van der Waals surface area contributed by atoms with Crippen molar-refractivity contribution in [2.45, 2.75) is 214 Å². The SMILES string of the molecule is CCCCCCCCCC1(CCCCCCCCC)OC2C(CO)OC(n3cc(C)c(=O)n(C/C=C(\C)CC/C=C(\C)CCC=C(C)C)c3=O)C2O1. The van der Waals surface area contributed by atoms with Crippen molar-refractivity contribution in [3.8, 4) is 0 Å². The largest absolute Gasteiger partial charge is 0.394 e. The van der Waals surface area contributed by atoms with E-state index in [0.29, 0.717) is 5.56 Å². The van der Waals surface area contributed by atoms with Crippen LogP contribution in [0.4, 0.5) is 0 Å². The molecule has 0 bridgehead atoms. The Labute approximate surface area is 315 Å². The third-order valence-corrected chi connectivity index (χ3v) is 10.9. The Bertz CT molecular complexity index is 1380. The molecule has 4 unspecified atom stereocenters. The predicted octanol–water partition coefficient (Wildman–Crippen LogP) is 10.4. The highest BCUT2D eigenvalue weighted by Gasteiger charge is 2.58. The van der Waals surface area contributed by atoms with E-state index in [-0.39, 0.29) is 18.7 Å². The molecule has 4 atom stereocenters. The van der Waals surface area contributed by atoms with Crippen LogP contribution in [0.1, 0.15) is 182 Å².